The molecule has 1 rings (SSSR count). The van der Waals surface area contributed by atoms with Crippen LogP contribution < -0.4 is 5.73 Å². The minimum absolute atomic E-state index is 0.279. The highest BCUT2D eigenvalue weighted by molar-refractivity contribution is 5.18. The zero-order valence-electron chi connectivity index (χ0n) is 6.35. The Labute approximate surface area is 60.2 Å². The molecule has 0 unspecified atom stereocenters. The molecule has 1 aromatic rings. The molecular weight excluding hydrogens is 128 g/mol. The van der Waals surface area contributed by atoms with Crippen LogP contribution in [0.25, 0.3) is 0 Å². The fraction of sp³-hybridized carbons (Fsp3) is 0.571. The van der Waals surface area contributed by atoms with Gasteiger partial charge in [-0.2, -0.15) is 4.98 Å². The number of aryl methyl sites for hydroxylation is 2. The highest BCUT2D eigenvalue weighted by Gasteiger charge is 2.04. The van der Waals surface area contributed by atoms with E-state index >= 15 is 0 Å². The van der Waals surface area contributed by atoms with E-state index in [1.807, 2.05) is 6.92 Å². The van der Waals surface area contributed by atoms with Gasteiger partial charge >= 0.3 is 0 Å². The normalized spacial score (nSPS) is 10.2. The van der Waals surface area contributed by atoms with Gasteiger partial charge in [-0.15, -0.1) is 0 Å². The molecule has 1 aromatic heterocycles. The van der Waals surface area contributed by atoms with Crippen molar-refractivity contribution in [2.24, 2.45) is 0 Å². The van der Waals surface area contributed by atoms with E-state index in [1.54, 1.807) is 0 Å². The molecular formula is C7H12N2O. The van der Waals surface area contributed by atoms with Gasteiger partial charge in [-0.3, -0.25) is 0 Å². The monoisotopic (exact) mass is 140 g/mol. The first-order valence-electron chi connectivity index (χ1n) is 3.45. The Kier molecular flexibility index (Phi) is 1.94. The zero-order chi connectivity index (χ0) is 7.56. The second-order valence-electron chi connectivity index (χ2n) is 2.30. The Hall–Kier alpha value is -0.990. The van der Waals surface area contributed by atoms with Crippen molar-refractivity contribution in [2.75, 3.05) is 5.73 Å². The SMILES string of the molecule is CCCc1nc(N)oc1C. The van der Waals surface area contributed by atoms with E-state index in [1.165, 1.54) is 0 Å². The largest absolute Gasteiger partial charge is 0.429 e. The predicted octanol–water partition coefficient (Wildman–Crippen LogP) is 1.52. The standard InChI is InChI=1S/C7H12N2O/c1-3-4-6-5(2)10-7(8)9-6/h3-4H2,1-2H3,(H2,8,9). The second-order valence-corrected chi connectivity index (χ2v) is 2.30. The molecule has 0 amide bonds. The van der Waals surface area contributed by atoms with Crippen LogP contribution in [0.3, 0.4) is 0 Å². The lowest BCUT2D eigenvalue weighted by Gasteiger charge is -1.88. The van der Waals surface area contributed by atoms with Gasteiger partial charge in [-0.25, -0.2) is 0 Å². The van der Waals surface area contributed by atoms with Gasteiger partial charge in [-0.1, -0.05) is 13.3 Å². The van der Waals surface area contributed by atoms with Crippen molar-refractivity contribution < 1.29 is 4.42 Å². The Morgan fingerprint density at radius 2 is 2.30 bits per heavy atom. The van der Waals surface area contributed by atoms with Crippen LogP contribution in [0.4, 0.5) is 6.01 Å². The van der Waals surface area contributed by atoms with Crippen molar-refractivity contribution >= 4 is 6.01 Å². The number of oxazole rings is 1. The molecule has 0 aliphatic rings. The number of hydrogen-bond donors (Lipinski definition) is 1. The molecule has 10 heavy (non-hydrogen) atoms. The summed E-state index contributed by atoms with van der Waals surface area (Å²) in [6, 6.07) is 0.279. The van der Waals surface area contributed by atoms with Crippen LogP contribution in [0.5, 0.6) is 0 Å². The molecule has 56 valence electrons. The quantitative estimate of drug-likeness (QED) is 0.677. The van der Waals surface area contributed by atoms with Gasteiger partial charge in [-0.05, 0) is 13.3 Å². The van der Waals surface area contributed by atoms with Gasteiger partial charge in [0.25, 0.3) is 6.01 Å². The fourth-order valence-electron chi connectivity index (χ4n) is 0.919. The van der Waals surface area contributed by atoms with Crippen molar-refractivity contribution in [3.63, 3.8) is 0 Å². The summed E-state index contributed by atoms with van der Waals surface area (Å²) in [7, 11) is 0. The smallest absolute Gasteiger partial charge is 0.292 e. The van der Waals surface area contributed by atoms with Crippen LogP contribution >= 0.6 is 0 Å². The van der Waals surface area contributed by atoms with Crippen LogP contribution in [-0.4, -0.2) is 4.98 Å². The number of rotatable bonds is 2. The predicted molar refractivity (Wildman–Crippen MR) is 39.6 cm³/mol. The lowest BCUT2D eigenvalue weighted by atomic mass is 10.2. The van der Waals surface area contributed by atoms with Crippen molar-refractivity contribution in [3.05, 3.63) is 11.5 Å². The van der Waals surface area contributed by atoms with Gasteiger partial charge in [0.1, 0.15) is 5.76 Å². The number of nitrogens with zero attached hydrogens (tertiary/aromatic N) is 1. The van der Waals surface area contributed by atoms with E-state index in [0.717, 1.165) is 24.3 Å². The van der Waals surface area contributed by atoms with E-state index in [2.05, 4.69) is 11.9 Å². The molecule has 0 aliphatic heterocycles. The van der Waals surface area contributed by atoms with E-state index in [0.29, 0.717) is 0 Å². The van der Waals surface area contributed by atoms with Gasteiger partial charge in [0.05, 0.1) is 5.69 Å². The third kappa shape index (κ3) is 1.29. The summed E-state index contributed by atoms with van der Waals surface area (Å²) in [5.41, 5.74) is 6.32. The molecule has 0 atom stereocenters. The topological polar surface area (TPSA) is 52.0 Å². The maximum absolute atomic E-state index is 5.33. The average Bonchev–Trinajstić information content (AvgIpc) is 2.13. The first-order valence-corrected chi connectivity index (χ1v) is 3.45. The van der Waals surface area contributed by atoms with Gasteiger partial charge in [0.15, 0.2) is 0 Å². The molecule has 3 heteroatoms. The highest BCUT2D eigenvalue weighted by Crippen LogP contribution is 2.12. The molecule has 3 nitrogen and oxygen atoms in total. The molecule has 0 aromatic carbocycles. The Morgan fingerprint density at radius 1 is 1.60 bits per heavy atom. The van der Waals surface area contributed by atoms with Crippen LogP contribution in [0, 0.1) is 6.92 Å². The first kappa shape index (κ1) is 7.12. The molecule has 0 aliphatic carbocycles. The third-order valence-corrected chi connectivity index (χ3v) is 1.40. The molecule has 0 spiro atoms. The van der Waals surface area contributed by atoms with Crippen molar-refractivity contribution in [1.29, 1.82) is 0 Å². The minimum atomic E-state index is 0.279. The lowest BCUT2D eigenvalue weighted by Crippen LogP contribution is -1.87. The summed E-state index contributed by atoms with van der Waals surface area (Å²) < 4.78 is 5.03. The number of nitrogen functional groups attached to an aromatic ring is 1. The summed E-state index contributed by atoms with van der Waals surface area (Å²) in [5, 5.41) is 0. The van der Waals surface area contributed by atoms with E-state index in [4.69, 9.17) is 10.2 Å². The summed E-state index contributed by atoms with van der Waals surface area (Å²) in [6.07, 6.45) is 2.03. The lowest BCUT2D eigenvalue weighted by molar-refractivity contribution is 0.544. The summed E-state index contributed by atoms with van der Waals surface area (Å²) in [6.45, 7) is 3.98. The molecule has 1 heterocycles. The van der Waals surface area contributed by atoms with Gasteiger partial charge in [0.2, 0.25) is 0 Å². The van der Waals surface area contributed by atoms with E-state index in [-0.39, 0.29) is 6.01 Å². The van der Waals surface area contributed by atoms with Crippen molar-refractivity contribution in [2.45, 2.75) is 26.7 Å². The van der Waals surface area contributed by atoms with Crippen LogP contribution in [0.2, 0.25) is 0 Å². The van der Waals surface area contributed by atoms with E-state index < -0.39 is 0 Å². The third-order valence-electron chi connectivity index (χ3n) is 1.40. The second kappa shape index (κ2) is 2.73. The zero-order valence-corrected chi connectivity index (χ0v) is 6.35. The molecule has 0 fully saturated rings. The van der Waals surface area contributed by atoms with Crippen LogP contribution in [0.1, 0.15) is 24.8 Å². The van der Waals surface area contributed by atoms with Gasteiger partial charge in [0, 0.05) is 0 Å². The number of aromatic nitrogens is 1. The summed E-state index contributed by atoms with van der Waals surface area (Å²) in [5.74, 6) is 0.847. The van der Waals surface area contributed by atoms with Crippen molar-refractivity contribution in [3.8, 4) is 0 Å². The van der Waals surface area contributed by atoms with Crippen molar-refractivity contribution in [1.82, 2.24) is 4.98 Å². The van der Waals surface area contributed by atoms with E-state index in [9.17, 15) is 0 Å². The maximum atomic E-state index is 5.33. The average molecular weight is 140 g/mol. The fourth-order valence-corrected chi connectivity index (χ4v) is 0.919. The summed E-state index contributed by atoms with van der Waals surface area (Å²) >= 11 is 0. The van der Waals surface area contributed by atoms with Crippen LogP contribution in [-0.2, 0) is 6.42 Å². The Morgan fingerprint density at radius 3 is 2.70 bits per heavy atom. The minimum Gasteiger partial charge on any atom is -0.429 e. The molecule has 0 radical (unpaired) electrons. The molecule has 2 N–H and O–H groups in total. The first-order chi connectivity index (χ1) is 4.74. The number of nitrogens with two attached hydrogens (primary N) is 1. The summed E-state index contributed by atoms with van der Waals surface area (Å²) in [4.78, 5) is 4.01. The molecule has 0 bridgehead atoms. The Bertz CT molecular complexity index is 217. The number of anilines is 1. The van der Waals surface area contributed by atoms with Gasteiger partial charge < -0.3 is 10.2 Å². The highest BCUT2D eigenvalue weighted by atomic mass is 16.4. The maximum Gasteiger partial charge on any atom is 0.292 e. The Balaban J connectivity index is 2.81. The molecule has 0 saturated heterocycles. The van der Waals surface area contributed by atoms with Crippen LogP contribution in [0.15, 0.2) is 4.42 Å². The number of hydrogen-bond acceptors (Lipinski definition) is 3. The molecule has 0 saturated carbocycles.